The highest BCUT2D eigenvalue weighted by molar-refractivity contribution is 5.70. The van der Waals surface area contributed by atoms with Gasteiger partial charge >= 0.3 is 5.97 Å². The van der Waals surface area contributed by atoms with Crippen LogP contribution in [0.5, 0.6) is 5.75 Å². The largest absolute Gasteiger partial charge is 0.496 e. The van der Waals surface area contributed by atoms with Gasteiger partial charge in [0.1, 0.15) is 5.75 Å². The van der Waals surface area contributed by atoms with Crippen LogP contribution in [0, 0.1) is 11.8 Å². The molecule has 0 heterocycles. The summed E-state index contributed by atoms with van der Waals surface area (Å²) in [6.45, 7) is 4.24. The fraction of sp³-hybridized carbons (Fsp3) is 0.562. The lowest BCUT2D eigenvalue weighted by atomic mass is 9.86. The molecule has 0 aliphatic rings. The number of carboxylic acid groups (broad SMARTS) is 1. The zero-order valence-corrected chi connectivity index (χ0v) is 12.1. The Balaban J connectivity index is 2.81. The molecule has 0 fully saturated rings. The summed E-state index contributed by atoms with van der Waals surface area (Å²) in [5.74, 6) is 0.216. The van der Waals surface area contributed by atoms with E-state index in [9.17, 15) is 9.90 Å². The number of methoxy groups -OCH3 is 1. The number of aliphatic carboxylic acids is 1. The van der Waals surface area contributed by atoms with Gasteiger partial charge in [-0.2, -0.15) is 0 Å². The monoisotopic (exact) mass is 264 g/mol. The topological polar surface area (TPSA) is 46.5 Å². The van der Waals surface area contributed by atoms with E-state index in [0.717, 1.165) is 30.6 Å². The van der Waals surface area contributed by atoms with Crippen LogP contribution >= 0.6 is 0 Å². The second kappa shape index (κ2) is 7.82. The smallest absolute Gasteiger partial charge is 0.306 e. The van der Waals surface area contributed by atoms with Crippen LogP contribution in [-0.2, 0) is 11.2 Å². The SMILES string of the molecule is CCC(CC)CC(Cc1ccccc1OC)C(=O)O. The van der Waals surface area contributed by atoms with Gasteiger partial charge in [-0.05, 0) is 30.4 Å². The number of benzene rings is 1. The summed E-state index contributed by atoms with van der Waals surface area (Å²) in [7, 11) is 1.62. The molecule has 1 unspecified atom stereocenters. The van der Waals surface area contributed by atoms with Gasteiger partial charge in [0.05, 0.1) is 13.0 Å². The molecule has 0 aromatic heterocycles. The van der Waals surface area contributed by atoms with Crippen molar-refractivity contribution in [3.05, 3.63) is 29.8 Å². The van der Waals surface area contributed by atoms with E-state index in [2.05, 4.69) is 13.8 Å². The summed E-state index contributed by atoms with van der Waals surface area (Å²) in [6.07, 6.45) is 3.34. The summed E-state index contributed by atoms with van der Waals surface area (Å²) in [5, 5.41) is 9.40. The van der Waals surface area contributed by atoms with E-state index < -0.39 is 5.97 Å². The first kappa shape index (κ1) is 15.5. The first-order valence-corrected chi connectivity index (χ1v) is 6.97. The minimum absolute atomic E-state index is 0.332. The van der Waals surface area contributed by atoms with Gasteiger partial charge in [-0.25, -0.2) is 0 Å². The quantitative estimate of drug-likeness (QED) is 0.777. The van der Waals surface area contributed by atoms with E-state index in [4.69, 9.17) is 4.74 Å². The third kappa shape index (κ3) is 4.58. The highest BCUT2D eigenvalue weighted by atomic mass is 16.5. The Bertz CT molecular complexity index is 397. The predicted octanol–water partition coefficient (Wildman–Crippen LogP) is 3.76. The number of para-hydroxylation sites is 1. The van der Waals surface area contributed by atoms with Crippen LogP contribution in [0.2, 0.25) is 0 Å². The zero-order chi connectivity index (χ0) is 14.3. The van der Waals surface area contributed by atoms with Crippen LogP contribution in [0.4, 0.5) is 0 Å². The number of hydrogen-bond donors (Lipinski definition) is 1. The Hall–Kier alpha value is -1.51. The van der Waals surface area contributed by atoms with E-state index in [0.29, 0.717) is 12.3 Å². The number of rotatable bonds is 8. The molecule has 0 aliphatic carbocycles. The number of hydrogen-bond acceptors (Lipinski definition) is 2. The molecule has 3 heteroatoms. The summed E-state index contributed by atoms with van der Waals surface area (Å²) in [6, 6.07) is 7.65. The molecule has 19 heavy (non-hydrogen) atoms. The van der Waals surface area contributed by atoms with Gasteiger partial charge in [-0.3, -0.25) is 4.79 Å². The highest BCUT2D eigenvalue weighted by Crippen LogP contribution is 2.26. The summed E-state index contributed by atoms with van der Waals surface area (Å²) >= 11 is 0. The third-order valence-electron chi connectivity index (χ3n) is 3.78. The van der Waals surface area contributed by atoms with E-state index in [1.54, 1.807) is 7.11 Å². The molecular weight excluding hydrogens is 240 g/mol. The zero-order valence-electron chi connectivity index (χ0n) is 12.1. The molecule has 1 rings (SSSR count). The summed E-state index contributed by atoms with van der Waals surface area (Å²) in [4.78, 5) is 11.4. The standard InChI is InChI=1S/C16H24O3/c1-4-12(5-2)10-14(16(17)18)11-13-8-6-7-9-15(13)19-3/h6-9,12,14H,4-5,10-11H2,1-3H3,(H,17,18). The normalized spacial score (nSPS) is 12.4. The van der Waals surface area contributed by atoms with E-state index in [1.807, 2.05) is 24.3 Å². The van der Waals surface area contributed by atoms with Crippen molar-refractivity contribution in [2.75, 3.05) is 7.11 Å². The molecule has 106 valence electrons. The Morgan fingerprint density at radius 3 is 2.42 bits per heavy atom. The Labute approximate surface area is 115 Å². The van der Waals surface area contributed by atoms with Crippen molar-refractivity contribution in [3.63, 3.8) is 0 Å². The van der Waals surface area contributed by atoms with Gasteiger partial charge in [0.2, 0.25) is 0 Å². The van der Waals surface area contributed by atoms with Crippen LogP contribution in [-0.4, -0.2) is 18.2 Å². The van der Waals surface area contributed by atoms with Gasteiger partial charge in [-0.15, -0.1) is 0 Å². The van der Waals surface area contributed by atoms with Gasteiger partial charge < -0.3 is 9.84 Å². The highest BCUT2D eigenvalue weighted by Gasteiger charge is 2.22. The van der Waals surface area contributed by atoms with Crippen molar-refractivity contribution in [2.45, 2.75) is 39.5 Å². The fourth-order valence-electron chi connectivity index (χ4n) is 2.43. The maximum Gasteiger partial charge on any atom is 0.306 e. The molecular formula is C16H24O3. The van der Waals surface area contributed by atoms with Crippen LogP contribution < -0.4 is 4.74 Å². The van der Waals surface area contributed by atoms with Crippen molar-refractivity contribution < 1.29 is 14.6 Å². The maximum absolute atomic E-state index is 11.4. The minimum Gasteiger partial charge on any atom is -0.496 e. The summed E-state index contributed by atoms with van der Waals surface area (Å²) in [5.41, 5.74) is 0.975. The fourth-order valence-corrected chi connectivity index (χ4v) is 2.43. The van der Waals surface area contributed by atoms with E-state index >= 15 is 0 Å². The average molecular weight is 264 g/mol. The van der Waals surface area contributed by atoms with Crippen molar-refractivity contribution >= 4 is 5.97 Å². The van der Waals surface area contributed by atoms with Crippen molar-refractivity contribution in [3.8, 4) is 5.75 Å². The maximum atomic E-state index is 11.4. The minimum atomic E-state index is -0.710. The van der Waals surface area contributed by atoms with Gasteiger partial charge in [0.25, 0.3) is 0 Å². The Kier molecular flexibility index (Phi) is 6.40. The molecule has 1 N–H and O–H groups in total. The van der Waals surface area contributed by atoms with Gasteiger partial charge in [0, 0.05) is 0 Å². The molecule has 0 bridgehead atoms. The second-order valence-electron chi connectivity index (χ2n) is 4.97. The van der Waals surface area contributed by atoms with E-state index in [-0.39, 0.29) is 5.92 Å². The van der Waals surface area contributed by atoms with Crippen LogP contribution in [0.15, 0.2) is 24.3 Å². The lowest BCUT2D eigenvalue weighted by Gasteiger charge is -2.19. The number of ether oxygens (including phenoxy) is 1. The molecule has 0 amide bonds. The summed E-state index contributed by atoms with van der Waals surface area (Å²) < 4.78 is 5.29. The van der Waals surface area contributed by atoms with Gasteiger partial charge in [0.15, 0.2) is 0 Å². The Morgan fingerprint density at radius 1 is 1.26 bits per heavy atom. The van der Waals surface area contributed by atoms with Crippen LogP contribution in [0.1, 0.15) is 38.7 Å². The molecule has 0 radical (unpaired) electrons. The van der Waals surface area contributed by atoms with Crippen molar-refractivity contribution in [2.24, 2.45) is 11.8 Å². The Morgan fingerprint density at radius 2 is 1.89 bits per heavy atom. The van der Waals surface area contributed by atoms with Crippen LogP contribution in [0.3, 0.4) is 0 Å². The van der Waals surface area contributed by atoms with Crippen molar-refractivity contribution in [1.82, 2.24) is 0 Å². The molecule has 1 atom stereocenters. The molecule has 1 aromatic rings. The van der Waals surface area contributed by atoms with Crippen molar-refractivity contribution in [1.29, 1.82) is 0 Å². The molecule has 0 spiro atoms. The first-order valence-electron chi connectivity index (χ1n) is 6.97. The molecule has 0 aliphatic heterocycles. The van der Waals surface area contributed by atoms with E-state index in [1.165, 1.54) is 0 Å². The molecule has 0 saturated heterocycles. The lowest BCUT2D eigenvalue weighted by Crippen LogP contribution is -2.20. The molecule has 1 aromatic carbocycles. The average Bonchev–Trinajstić information content (AvgIpc) is 2.43. The second-order valence-corrected chi connectivity index (χ2v) is 4.97. The number of carboxylic acids is 1. The first-order chi connectivity index (χ1) is 9.12. The number of carbonyl (C=O) groups is 1. The van der Waals surface area contributed by atoms with Crippen LogP contribution in [0.25, 0.3) is 0 Å². The predicted molar refractivity (Wildman–Crippen MR) is 76.5 cm³/mol. The third-order valence-corrected chi connectivity index (χ3v) is 3.78. The lowest BCUT2D eigenvalue weighted by molar-refractivity contribution is -0.142. The molecule has 3 nitrogen and oxygen atoms in total. The molecule has 0 saturated carbocycles. The van der Waals surface area contributed by atoms with Gasteiger partial charge in [-0.1, -0.05) is 44.9 Å².